The molecule has 84 valence electrons. The van der Waals surface area contributed by atoms with Crippen LogP contribution in [0, 0.1) is 0 Å². The zero-order valence-corrected chi connectivity index (χ0v) is 7.84. The third-order valence-corrected chi connectivity index (χ3v) is 2.33. The van der Waals surface area contributed by atoms with E-state index >= 15 is 0 Å². The Kier molecular flexibility index (Phi) is 2.22. The number of carbonyl (C=O) groups is 2. The van der Waals surface area contributed by atoms with Crippen molar-refractivity contribution in [1.29, 1.82) is 0 Å². The lowest BCUT2D eigenvalue weighted by Crippen LogP contribution is -2.32. The number of para-hydroxylation sites is 1. The van der Waals surface area contributed by atoms with E-state index in [9.17, 15) is 22.8 Å². The van der Waals surface area contributed by atoms with Gasteiger partial charge in [-0.3, -0.25) is 9.59 Å². The maximum Gasteiger partial charge on any atom is 0.451 e. The lowest BCUT2D eigenvalue weighted by molar-refractivity contribution is -0.173. The number of rotatable bonds is 1. The van der Waals surface area contributed by atoms with Crippen molar-refractivity contribution in [3.05, 3.63) is 29.8 Å². The minimum Gasteiger partial charge on any atom is -0.325 e. The molecule has 1 aromatic rings. The Bertz CT molecular complexity index is 467. The van der Waals surface area contributed by atoms with E-state index in [0.29, 0.717) is 0 Å². The molecule has 0 aliphatic carbocycles. The number of hydrogen-bond donors (Lipinski definition) is 1. The fourth-order valence-corrected chi connectivity index (χ4v) is 1.63. The van der Waals surface area contributed by atoms with Crippen LogP contribution in [0.15, 0.2) is 24.3 Å². The van der Waals surface area contributed by atoms with Gasteiger partial charge in [0.25, 0.3) is 5.78 Å². The number of amides is 1. The Hall–Kier alpha value is -1.85. The fraction of sp³-hybridized carbons (Fsp3) is 0.200. The lowest BCUT2D eigenvalue weighted by Gasteiger charge is -2.10. The molecule has 1 amide bonds. The topological polar surface area (TPSA) is 46.2 Å². The molecule has 2 rings (SSSR count). The van der Waals surface area contributed by atoms with E-state index in [1.54, 1.807) is 6.07 Å². The van der Waals surface area contributed by atoms with E-state index in [0.717, 1.165) is 0 Å². The molecule has 0 fully saturated rings. The Morgan fingerprint density at radius 2 is 1.88 bits per heavy atom. The number of halogens is 3. The summed E-state index contributed by atoms with van der Waals surface area (Å²) in [5, 5.41) is 2.24. The molecule has 1 N–H and O–H groups in total. The molecule has 0 saturated heterocycles. The number of hydrogen-bond acceptors (Lipinski definition) is 2. The van der Waals surface area contributed by atoms with Gasteiger partial charge in [0.1, 0.15) is 5.92 Å². The van der Waals surface area contributed by atoms with E-state index < -0.39 is 23.8 Å². The summed E-state index contributed by atoms with van der Waals surface area (Å²) in [7, 11) is 0. The molecule has 0 saturated carbocycles. The average Bonchev–Trinajstić information content (AvgIpc) is 2.51. The third-order valence-electron chi connectivity index (χ3n) is 2.33. The van der Waals surface area contributed by atoms with Crippen molar-refractivity contribution in [3.63, 3.8) is 0 Å². The van der Waals surface area contributed by atoms with Gasteiger partial charge in [0.2, 0.25) is 5.91 Å². The molecule has 1 unspecified atom stereocenters. The summed E-state index contributed by atoms with van der Waals surface area (Å²) >= 11 is 0. The monoisotopic (exact) mass is 229 g/mol. The van der Waals surface area contributed by atoms with E-state index in [1.165, 1.54) is 18.2 Å². The minimum atomic E-state index is -5.00. The van der Waals surface area contributed by atoms with Crippen LogP contribution in [0.5, 0.6) is 0 Å². The zero-order valence-electron chi connectivity index (χ0n) is 7.84. The van der Waals surface area contributed by atoms with Gasteiger partial charge in [-0.2, -0.15) is 13.2 Å². The van der Waals surface area contributed by atoms with E-state index in [1.807, 2.05) is 0 Å². The maximum absolute atomic E-state index is 12.2. The van der Waals surface area contributed by atoms with Crippen LogP contribution in [0.3, 0.4) is 0 Å². The van der Waals surface area contributed by atoms with Crippen molar-refractivity contribution in [3.8, 4) is 0 Å². The minimum absolute atomic E-state index is 0.0785. The van der Waals surface area contributed by atoms with Crippen molar-refractivity contribution in [2.45, 2.75) is 12.1 Å². The predicted molar refractivity (Wildman–Crippen MR) is 48.9 cm³/mol. The largest absolute Gasteiger partial charge is 0.451 e. The summed E-state index contributed by atoms with van der Waals surface area (Å²) in [5.41, 5.74) is 0.338. The zero-order chi connectivity index (χ0) is 11.9. The first-order valence-electron chi connectivity index (χ1n) is 4.42. The van der Waals surface area contributed by atoms with Crippen LogP contribution in [0.4, 0.5) is 18.9 Å². The second-order valence-corrected chi connectivity index (χ2v) is 3.37. The highest BCUT2D eigenvalue weighted by atomic mass is 19.4. The average molecular weight is 229 g/mol. The highest BCUT2D eigenvalue weighted by Crippen LogP contribution is 2.36. The molecule has 1 heterocycles. The maximum atomic E-state index is 12.2. The second kappa shape index (κ2) is 3.33. The van der Waals surface area contributed by atoms with Gasteiger partial charge in [0, 0.05) is 5.69 Å². The number of nitrogens with one attached hydrogen (secondary N) is 1. The lowest BCUT2D eigenvalue weighted by atomic mass is 9.96. The summed E-state index contributed by atoms with van der Waals surface area (Å²) in [6.45, 7) is 0. The molecule has 0 radical (unpaired) electrons. The van der Waals surface area contributed by atoms with Gasteiger partial charge in [-0.05, 0) is 11.6 Å². The second-order valence-electron chi connectivity index (χ2n) is 3.37. The van der Waals surface area contributed by atoms with Crippen LogP contribution in [0.1, 0.15) is 11.5 Å². The van der Waals surface area contributed by atoms with Crippen molar-refractivity contribution >= 4 is 17.4 Å². The van der Waals surface area contributed by atoms with Gasteiger partial charge in [0.15, 0.2) is 0 Å². The van der Waals surface area contributed by atoms with Crippen LogP contribution in [-0.4, -0.2) is 17.9 Å². The Balaban J connectivity index is 2.44. The molecule has 0 aromatic heterocycles. The Morgan fingerprint density at radius 1 is 1.25 bits per heavy atom. The number of Topliss-reactive ketones (excluding diaryl/α,β-unsaturated/α-hetero) is 1. The highest BCUT2D eigenvalue weighted by molar-refractivity contribution is 6.18. The van der Waals surface area contributed by atoms with E-state index in [-0.39, 0.29) is 11.3 Å². The quantitative estimate of drug-likeness (QED) is 0.747. The van der Waals surface area contributed by atoms with E-state index in [2.05, 4.69) is 5.32 Å². The molecule has 1 aliphatic heterocycles. The number of alkyl halides is 3. The SMILES string of the molecule is O=C1Nc2ccccc2C1C(=O)C(F)(F)F. The molecular formula is C10H6F3NO2. The van der Waals surface area contributed by atoms with Crippen molar-refractivity contribution < 1.29 is 22.8 Å². The first-order valence-corrected chi connectivity index (χ1v) is 4.42. The molecule has 3 nitrogen and oxygen atoms in total. The molecule has 16 heavy (non-hydrogen) atoms. The van der Waals surface area contributed by atoms with Crippen molar-refractivity contribution in [2.24, 2.45) is 0 Å². The summed E-state index contributed by atoms with van der Waals surface area (Å²) in [4.78, 5) is 22.3. The third kappa shape index (κ3) is 1.56. The van der Waals surface area contributed by atoms with Crippen LogP contribution < -0.4 is 5.32 Å². The normalized spacial score (nSPS) is 19.2. The molecule has 0 spiro atoms. The van der Waals surface area contributed by atoms with Gasteiger partial charge >= 0.3 is 6.18 Å². The van der Waals surface area contributed by atoms with Gasteiger partial charge in [-0.15, -0.1) is 0 Å². The Labute approximate surface area is 88.3 Å². The van der Waals surface area contributed by atoms with Crippen molar-refractivity contribution in [2.75, 3.05) is 5.32 Å². The van der Waals surface area contributed by atoms with Gasteiger partial charge in [-0.1, -0.05) is 18.2 Å². The van der Waals surface area contributed by atoms with Crippen LogP contribution in [-0.2, 0) is 9.59 Å². The smallest absolute Gasteiger partial charge is 0.325 e. The summed E-state index contributed by atoms with van der Waals surface area (Å²) in [6.07, 6.45) is -5.00. The molecule has 0 bridgehead atoms. The van der Waals surface area contributed by atoms with Crippen molar-refractivity contribution in [1.82, 2.24) is 0 Å². The summed E-state index contributed by atoms with van der Waals surface area (Å²) in [5.74, 6) is -4.73. The number of fused-ring (bicyclic) bond motifs is 1. The van der Waals surface area contributed by atoms with Gasteiger partial charge < -0.3 is 5.32 Å². The Morgan fingerprint density at radius 3 is 2.50 bits per heavy atom. The number of anilines is 1. The number of carbonyl (C=O) groups excluding carboxylic acids is 2. The molecule has 1 aliphatic rings. The van der Waals surface area contributed by atoms with E-state index in [4.69, 9.17) is 0 Å². The molecule has 6 heteroatoms. The standard InChI is InChI=1S/C10H6F3NO2/c11-10(12,13)8(15)7-5-3-1-2-4-6(5)14-9(7)16/h1-4,7H,(H,14,16). The first kappa shape index (κ1) is 10.7. The first-order chi connectivity index (χ1) is 7.41. The van der Waals surface area contributed by atoms with Crippen LogP contribution in [0.25, 0.3) is 0 Å². The highest BCUT2D eigenvalue weighted by Gasteiger charge is 2.49. The predicted octanol–water partition coefficient (Wildman–Crippen LogP) is 1.85. The number of benzene rings is 1. The van der Waals surface area contributed by atoms with Gasteiger partial charge in [0.05, 0.1) is 0 Å². The summed E-state index contributed by atoms with van der Waals surface area (Å²) < 4.78 is 36.7. The fourth-order valence-electron chi connectivity index (χ4n) is 1.63. The van der Waals surface area contributed by atoms with Crippen LogP contribution >= 0.6 is 0 Å². The molecular weight excluding hydrogens is 223 g/mol. The molecule has 1 aromatic carbocycles. The number of ketones is 1. The van der Waals surface area contributed by atoms with Gasteiger partial charge in [-0.25, -0.2) is 0 Å². The molecule has 1 atom stereocenters. The summed E-state index contributed by atoms with van der Waals surface area (Å²) in [6, 6.07) is 5.84. The van der Waals surface area contributed by atoms with Crippen LogP contribution in [0.2, 0.25) is 0 Å².